The number of methoxy groups -OCH3 is 1. The number of benzene rings is 1. The molecule has 0 aliphatic heterocycles. The Morgan fingerprint density at radius 2 is 1.88 bits per heavy atom. The van der Waals surface area contributed by atoms with E-state index in [0.29, 0.717) is 31.1 Å². The van der Waals surface area contributed by atoms with E-state index in [1.54, 1.807) is 25.1 Å². The summed E-state index contributed by atoms with van der Waals surface area (Å²) >= 11 is 0. The van der Waals surface area contributed by atoms with Crippen LogP contribution in [0, 0.1) is 0 Å². The number of carbonyl (C=O) groups excluding carboxylic acids is 2. The number of rotatable bonds is 11. The third-order valence-electron chi connectivity index (χ3n) is 4.07. The molecule has 1 unspecified atom stereocenters. The first-order chi connectivity index (χ1) is 12.4. The molecule has 0 aromatic heterocycles. The minimum atomic E-state index is -0.911. The molecule has 1 aromatic rings. The van der Waals surface area contributed by atoms with E-state index in [4.69, 9.17) is 14.2 Å². The first-order valence-electron chi connectivity index (χ1n) is 9.22. The molecule has 1 atom stereocenters. The molecule has 0 radical (unpaired) electrons. The van der Waals surface area contributed by atoms with E-state index in [2.05, 4.69) is 12.2 Å². The maximum Gasteiger partial charge on any atom is 0.341 e. The number of ether oxygens (including phenoxy) is 3. The van der Waals surface area contributed by atoms with Crippen molar-refractivity contribution in [3.8, 4) is 5.75 Å². The van der Waals surface area contributed by atoms with Gasteiger partial charge in [0.05, 0.1) is 13.7 Å². The van der Waals surface area contributed by atoms with Gasteiger partial charge in [0.2, 0.25) is 0 Å². The van der Waals surface area contributed by atoms with Crippen LogP contribution in [0.25, 0.3) is 0 Å². The number of esters is 1. The minimum absolute atomic E-state index is 0.239. The standard InChI is InChI=1S/C20H31NO5/c1-6-9-13-25-17-11-10-15(14-16(17)18(22)24-5)21-19(23)20(4,12-7-2)26-8-3/h10-11,14H,6-9,12-13H2,1-5H3,(H,21,23). The molecule has 26 heavy (non-hydrogen) atoms. The second-order valence-electron chi connectivity index (χ2n) is 6.27. The zero-order valence-corrected chi connectivity index (χ0v) is 16.5. The molecule has 6 nitrogen and oxygen atoms in total. The molecular formula is C20H31NO5. The van der Waals surface area contributed by atoms with Gasteiger partial charge in [-0.2, -0.15) is 0 Å². The van der Waals surface area contributed by atoms with E-state index in [1.165, 1.54) is 7.11 Å². The predicted octanol–water partition coefficient (Wildman–Crippen LogP) is 4.19. The molecule has 1 rings (SSSR count). The van der Waals surface area contributed by atoms with Gasteiger partial charge in [-0.25, -0.2) is 4.79 Å². The lowest BCUT2D eigenvalue weighted by Crippen LogP contribution is -2.42. The molecule has 146 valence electrons. The van der Waals surface area contributed by atoms with Crippen molar-refractivity contribution in [2.45, 2.75) is 59.0 Å². The third kappa shape index (κ3) is 6.02. The van der Waals surface area contributed by atoms with Crippen LogP contribution in [0.4, 0.5) is 5.69 Å². The van der Waals surface area contributed by atoms with Crippen LogP contribution in [0.1, 0.15) is 63.7 Å². The fourth-order valence-corrected chi connectivity index (χ4v) is 2.64. The van der Waals surface area contributed by atoms with E-state index in [0.717, 1.165) is 19.3 Å². The van der Waals surface area contributed by atoms with Crippen LogP contribution in [0.5, 0.6) is 5.75 Å². The highest BCUT2D eigenvalue weighted by Crippen LogP contribution is 2.26. The predicted molar refractivity (Wildman–Crippen MR) is 102 cm³/mol. The van der Waals surface area contributed by atoms with Gasteiger partial charge < -0.3 is 19.5 Å². The van der Waals surface area contributed by atoms with E-state index in [9.17, 15) is 9.59 Å². The Kier molecular flexibility index (Phi) is 9.13. The van der Waals surface area contributed by atoms with E-state index >= 15 is 0 Å². The molecule has 0 fully saturated rings. The van der Waals surface area contributed by atoms with Gasteiger partial charge in [0.25, 0.3) is 5.91 Å². The zero-order valence-electron chi connectivity index (χ0n) is 16.5. The van der Waals surface area contributed by atoms with Gasteiger partial charge in [-0.3, -0.25) is 4.79 Å². The van der Waals surface area contributed by atoms with Gasteiger partial charge in [-0.05, 0) is 44.9 Å². The Bertz CT molecular complexity index is 594. The number of anilines is 1. The van der Waals surface area contributed by atoms with Crippen molar-refractivity contribution in [3.63, 3.8) is 0 Å². The maximum atomic E-state index is 12.7. The molecule has 0 spiro atoms. The topological polar surface area (TPSA) is 73.9 Å². The lowest BCUT2D eigenvalue weighted by Gasteiger charge is -2.28. The van der Waals surface area contributed by atoms with Crippen molar-refractivity contribution in [1.82, 2.24) is 0 Å². The highest BCUT2D eigenvalue weighted by molar-refractivity contribution is 5.99. The van der Waals surface area contributed by atoms with Crippen molar-refractivity contribution < 1.29 is 23.8 Å². The second kappa shape index (κ2) is 10.8. The second-order valence-corrected chi connectivity index (χ2v) is 6.27. The summed E-state index contributed by atoms with van der Waals surface area (Å²) in [6, 6.07) is 4.96. The van der Waals surface area contributed by atoms with Crippen LogP contribution >= 0.6 is 0 Å². The van der Waals surface area contributed by atoms with Crippen LogP contribution in [0.3, 0.4) is 0 Å². The molecule has 0 aliphatic rings. The van der Waals surface area contributed by atoms with Crippen LogP contribution in [-0.2, 0) is 14.3 Å². The summed E-state index contributed by atoms with van der Waals surface area (Å²) in [5.74, 6) is -0.296. The molecule has 0 aliphatic carbocycles. The number of nitrogens with one attached hydrogen (secondary N) is 1. The number of amides is 1. The zero-order chi connectivity index (χ0) is 19.6. The van der Waals surface area contributed by atoms with Crippen LogP contribution in [-0.4, -0.2) is 37.8 Å². The first-order valence-corrected chi connectivity index (χ1v) is 9.22. The van der Waals surface area contributed by atoms with Gasteiger partial charge >= 0.3 is 5.97 Å². The fraction of sp³-hybridized carbons (Fsp3) is 0.600. The van der Waals surface area contributed by atoms with Crippen molar-refractivity contribution in [2.24, 2.45) is 0 Å². The Labute approximate surface area is 156 Å². The maximum absolute atomic E-state index is 12.7. The summed E-state index contributed by atoms with van der Waals surface area (Å²) in [6.45, 7) is 8.67. The van der Waals surface area contributed by atoms with Crippen LogP contribution < -0.4 is 10.1 Å². The van der Waals surface area contributed by atoms with E-state index in [-0.39, 0.29) is 11.5 Å². The SMILES string of the molecule is CCCCOc1ccc(NC(=O)C(C)(CCC)OCC)cc1C(=O)OC. The molecule has 0 bridgehead atoms. The van der Waals surface area contributed by atoms with Crippen molar-refractivity contribution in [3.05, 3.63) is 23.8 Å². The lowest BCUT2D eigenvalue weighted by molar-refractivity contribution is -0.139. The molecule has 0 saturated heterocycles. The van der Waals surface area contributed by atoms with E-state index in [1.807, 2.05) is 13.8 Å². The highest BCUT2D eigenvalue weighted by atomic mass is 16.5. The average molecular weight is 365 g/mol. The molecular weight excluding hydrogens is 334 g/mol. The monoisotopic (exact) mass is 365 g/mol. The van der Waals surface area contributed by atoms with Crippen molar-refractivity contribution >= 4 is 17.6 Å². The Balaban J connectivity index is 3.02. The number of unbranched alkanes of at least 4 members (excludes halogenated alkanes) is 1. The summed E-state index contributed by atoms with van der Waals surface area (Å²) in [4.78, 5) is 24.7. The summed E-state index contributed by atoms with van der Waals surface area (Å²) in [5, 5.41) is 2.84. The molecule has 1 N–H and O–H groups in total. The van der Waals surface area contributed by atoms with Gasteiger partial charge in [0, 0.05) is 12.3 Å². The normalized spacial score (nSPS) is 13.0. The van der Waals surface area contributed by atoms with E-state index < -0.39 is 11.6 Å². The highest BCUT2D eigenvalue weighted by Gasteiger charge is 2.33. The quantitative estimate of drug-likeness (QED) is 0.470. The summed E-state index contributed by atoms with van der Waals surface area (Å²) in [6.07, 6.45) is 3.31. The minimum Gasteiger partial charge on any atom is -0.493 e. The smallest absolute Gasteiger partial charge is 0.341 e. The average Bonchev–Trinajstić information content (AvgIpc) is 2.62. The van der Waals surface area contributed by atoms with Crippen molar-refractivity contribution in [1.29, 1.82) is 0 Å². The summed E-state index contributed by atoms with van der Waals surface area (Å²) in [7, 11) is 1.32. The van der Waals surface area contributed by atoms with Gasteiger partial charge in [-0.15, -0.1) is 0 Å². The Morgan fingerprint density at radius 1 is 1.15 bits per heavy atom. The summed E-state index contributed by atoms with van der Waals surface area (Å²) in [5.41, 5.74) is -0.124. The number of hydrogen-bond donors (Lipinski definition) is 1. The van der Waals surface area contributed by atoms with Gasteiger partial charge in [-0.1, -0.05) is 26.7 Å². The Morgan fingerprint density at radius 3 is 2.46 bits per heavy atom. The number of hydrogen-bond acceptors (Lipinski definition) is 5. The van der Waals surface area contributed by atoms with Crippen molar-refractivity contribution in [2.75, 3.05) is 25.6 Å². The van der Waals surface area contributed by atoms with Crippen LogP contribution in [0.2, 0.25) is 0 Å². The van der Waals surface area contributed by atoms with Gasteiger partial charge in [0.1, 0.15) is 16.9 Å². The molecule has 1 aromatic carbocycles. The first kappa shape index (κ1) is 22.0. The summed E-state index contributed by atoms with van der Waals surface area (Å²) < 4.78 is 16.2. The molecule has 6 heteroatoms. The van der Waals surface area contributed by atoms with Crippen LogP contribution in [0.15, 0.2) is 18.2 Å². The third-order valence-corrected chi connectivity index (χ3v) is 4.07. The van der Waals surface area contributed by atoms with Gasteiger partial charge in [0.15, 0.2) is 0 Å². The lowest BCUT2D eigenvalue weighted by atomic mass is 9.99. The molecule has 0 saturated carbocycles. The molecule has 1 amide bonds. The largest absolute Gasteiger partial charge is 0.493 e. The fourth-order valence-electron chi connectivity index (χ4n) is 2.64. The number of carbonyl (C=O) groups is 2. The Hall–Kier alpha value is -2.08. The molecule has 0 heterocycles.